The van der Waals surface area contributed by atoms with Crippen LogP contribution in [0, 0.1) is 0 Å². The number of hydrogen-bond donors (Lipinski definition) is 1. The third kappa shape index (κ3) is 4.33. The highest BCUT2D eigenvalue weighted by Gasteiger charge is 2.11. The molecule has 0 radical (unpaired) electrons. The largest absolute Gasteiger partial charge is 0.322 e. The van der Waals surface area contributed by atoms with Gasteiger partial charge in [0.15, 0.2) is 5.82 Å². The van der Waals surface area contributed by atoms with E-state index >= 15 is 0 Å². The molecule has 0 bridgehead atoms. The van der Waals surface area contributed by atoms with Gasteiger partial charge in [-0.15, -0.1) is 11.8 Å². The van der Waals surface area contributed by atoms with Crippen LogP contribution in [-0.4, -0.2) is 36.4 Å². The zero-order chi connectivity index (χ0) is 20.1. The number of aromatic nitrogens is 5. The third-order valence-corrected chi connectivity index (χ3v) is 4.93. The summed E-state index contributed by atoms with van der Waals surface area (Å²) in [4.78, 5) is 25.0. The Morgan fingerprint density at radius 1 is 1.10 bits per heavy atom. The van der Waals surface area contributed by atoms with Gasteiger partial charge in [0.1, 0.15) is 6.33 Å². The van der Waals surface area contributed by atoms with Crippen molar-refractivity contribution in [3.63, 3.8) is 0 Å². The number of nitrogens with zero attached hydrogens (tertiary/aromatic N) is 5. The number of rotatable bonds is 6. The van der Waals surface area contributed by atoms with Gasteiger partial charge < -0.3 is 5.32 Å². The highest BCUT2D eigenvalue weighted by molar-refractivity contribution is 7.99. The van der Waals surface area contributed by atoms with E-state index in [1.807, 2.05) is 36.4 Å². The lowest BCUT2D eigenvalue weighted by atomic mass is 10.2. The van der Waals surface area contributed by atoms with Crippen LogP contribution in [0.15, 0.2) is 78.5 Å². The molecule has 1 amide bonds. The van der Waals surface area contributed by atoms with Crippen molar-refractivity contribution in [3.8, 4) is 17.1 Å². The Morgan fingerprint density at radius 2 is 1.97 bits per heavy atom. The lowest BCUT2D eigenvalue weighted by Gasteiger charge is -2.09. The summed E-state index contributed by atoms with van der Waals surface area (Å²) in [6.45, 7) is 2.09. The van der Waals surface area contributed by atoms with Crippen molar-refractivity contribution in [3.05, 3.63) is 79.0 Å². The first kappa shape index (κ1) is 18.8. The van der Waals surface area contributed by atoms with Gasteiger partial charge in [-0.25, -0.2) is 14.6 Å². The molecule has 0 aliphatic rings. The average Bonchev–Trinajstić information content (AvgIpc) is 3.25. The van der Waals surface area contributed by atoms with Gasteiger partial charge >= 0.3 is 0 Å². The highest BCUT2D eigenvalue weighted by Crippen LogP contribution is 2.24. The van der Waals surface area contributed by atoms with Gasteiger partial charge in [-0.3, -0.25) is 9.78 Å². The van der Waals surface area contributed by atoms with Gasteiger partial charge in [-0.2, -0.15) is 5.10 Å². The number of carbonyl (C=O) groups is 1. The smallest absolute Gasteiger partial charge is 0.257 e. The number of hydrogen-bond acceptors (Lipinski definition) is 6. The Balaban J connectivity index is 1.55. The fourth-order valence-corrected chi connectivity index (χ4v) is 3.43. The molecule has 4 rings (SSSR count). The molecule has 29 heavy (non-hydrogen) atoms. The van der Waals surface area contributed by atoms with Crippen LogP contribution in [0.4, 0.5) is 5.69 Å². The third-order valence-electron chi connectivity index (χ3n) is 4.13. The minimum atomic E-state index is -0.204. The van der Waals surface area contributed by atoms with Gasteiger partial charge in [0.05, 0.1) is 16.3 Å². The van der Waals surface area contributed by atoms with Crippen molar-refractivity contribution in [1.29, 1.82) is 0 Å². The lowest BCUT2D eigenvalue weighted by molar-refractivity contribution is 0.102. The predicted molar refractivity (Wildman–Crippen MR) is 113 cm³/mol. The zero-order valence-electron chi connectivity index (χ0n) is 15.7. The minimum Gasteiger partial charge on any atom is -0.322 e. The average molecular weight is 402 g/mol. The number of pyridine rings is 2. The van der Waals surface area contributed by atoms with E-state index in [-0.39, 0.29) is 5.91 Å². The van der Waals surface area contributed by atoms with Crippen molar-refractivity contribution in [1.82, 2.24) is 24.7 Å². The molecule has 0 aliphatic heterocycles. The van der Waals surface area contributed by atoms with Crippen LogP contribution in [0.3, 0.4) is 0 Å². The van der Waals surface area contributed by atoms with Gasteiger partial charge in [0.25, 0.3) is 5.91 Å². The Kier molecular flexibility index (Phi) is 5.62. The van der Waals surface area contributed by atoms with E-state index in [1.54, 1.807) is 41.0 Å². The van der Waals surface area contributed by atoms with Crippen LogP contribution in [0.2, 0.25) is 0 Å². The first-order chi connectivity index (χ1) is 14.2. The number of nitrogens with one attached hydrogen (secondary N) is 1. The molecule has 1 N–H and O–H groups in total. The fourth-order valence-electron chi connectivity index (χ4n) is 2.79. The number of benzene rings is 1. The maximum absolute atomic E-state index is 12.3. The van der Waals surface area contributed by atoms with Crippen molar-refractivity contribution in [2.75, 3.05) is 11.1 Å². The van der Waals surface area contributed by atoms with Crippen LogP contribution in [0.1, 0.15) is 17.3 Å². The van der Waals surface area contributed by atoms with Crippen molar-refractivity contribution in [2.24, 2.45) is 0 Å². The summed E-state index contributed by atoms with van der Waals surface area (Å²) in [5, 5.41) is 8.17. The second kappa shape index (κ2) is 8.66. The molecule has 0 spiro atoms. The Bertz CT molecular complexity index is 1110. The molecule has 0 atom stereocenters. The van der Waals surface area contributed by atoms with Crippen LogP contribution < -0.4 is 5.32 Å². The summed E-state index contributed by atoms with van der Waals surface area (Å²) in [5.74, 6) is 1.48. The summed E-state index contributed by atoms with van der Waals surface area (Å²) in [5.41, 5.74) is 2.99. The molecule has 0 saturated heterocycles. The number of anilines is 1. The summed E-state index contributed by atoms with van der Waals surface area (Å²) < 4.78 is 1.77. The molecular weight excluding hydrogens is 384 g/mol. The van der Waals surface area contributed by atoms with Crippen molar-refractivity contribution < 1.29 is 4.79 Å². The summed E-state index contributed by atoms with van der Waals surface area (Å²) >= 11 is 1.68. The molecule has 7 nitrogen and oxygen atoms in total. The molecule has 8 heteroatoms. The van der Waals surface area contributed by atoms with Crippen molar-refractivity contribution >= 4 is 23.4 Å². The molecule has 4 aromatic rings. The van der Waals surface area contributed by atoms with Gasteiger partial charge in [0, 0.05) is 29.8 Å². The second-order valence-corrected chi connectivity index (χ2v) is 7.34. The maximum Gasteiger partial charge on any atom is 0.257 e. The first-order valence-corrected chi connectivity index (χ1v) is 10.0. The van der Waals surface area contributed by atoms with E-state index in [1.165, 1.54) is 12.5 Å². The number of amides is 1. The standard InChI is InChI=1S/C21H18N6OS/c1-2-29-19-12-15(9-11-23-19)20-24-14-25-27(20)18-7-5-17(6-8-18)26-21(28)16-4-3-10-22-13-16/h3-14H,2H2,1H3,(H,26,28). The molecule has 1 aromatic carbocycles. The van der Waals surface area contributed by atoms with Gasteiger partial charge in [-0.05, 0) is 54.3 Å². The van der Waals surface area contributed by atoms with Crippen LogP contribution in [0.5, 0.6) is 0 Å². The molecule has 0 unspecified atom stereocenters. The van der Waals surface area contributed by atoms with Gasteiger partial charge in [-0.1, -0.05) is 6.92 Å². The quantitative estimate of drug-likeness (QED) is 0.489. The molecular formula is C21H18N6OS. The van der Waals surface area contributed by atoms with E-state index in [2.05, 4.69) is 32.3 Å². The predicted octanol–water partition coefficient (Wildman–Crippen LogP) is 4.09. The molecule has 3 heterocycles. The molecule has 0 fully saturated rings. The molecule has 0 saturated carbocycles. The summed E-state index contributed by atoms with van der Waals surface area (Å²) in [6.07, 6.45) is 6.48. The minimum absolute atomic E-state index is 0.204. The summed E-state index contributed by atoms with van der Waals surface area (Å²) in [7, 11) is 0. The first-order valence-electron chi connectivity index (χ1n) is 9.05. The van der Waals surface area contributed by atoms with E-state index in [4.69, 9.17) is 0 Å². The molecule has 144 valence electrons. The van der Waals surface area contributed by atoms with Crippen LogP contribution in [-0.2, 0) is 0 Å². The Hall–Kier alpha value is -3.52. The SMILES string of the molecule is CCSc1cc(-c2ncnn2-c2ccc(NC(=O)c3cccnc3)cc2)ccn1. The van der Waals surface area contributed by atoms with Crippen LogP contribution >= 0.6 is 11.8 Å². The van der Waals surface area contributed by atoms with E-state index in [0.717, 1.165) is 27.9 Å². The van der Waals surface area contributed by atoms with Crippen molar-refractivity contribution in [2.45, 2.75) is 11.9 Å². The van der Waals surface area contributed by atoms with Gasteiger partial charge in [0.2, 0.25) is 0 Å². The lowest BCUT2D eigenvalue weighted by Crippen LogP contribution is -2.12. The Labute approximate surface area is 172 Å². The number of thioether (sulfide) groups is 1. The normalized spacial score (nSPS) is 10.7. The monoisotopic (exact) mass is 402 g/mol. The van der Waals surface area contributed by atoms with Crippen LogP contribution in [0.25, 0.3) is 17.1 Å². The number of carbonyl (C=O) groups excluding carboxylic acids is 1. The Morgan fingerprint density at radius 3 is 2.72 bits per heavy atom. The van der Waals surface area contributed by atoms with E-state index < -0.39 is 0 Å². The summed E-state index contributed by atoms with van der Waals surface area (Å²) in [6, 6.07) is 14.8. The van der Waals surface area contributed by atoms with E-state index in [9.17, 15) is 4.79 Å². The fraction of sp³-hybridized carbons (Fsp3) is 0.0952. The topological polar surface area (TPSA) is 85.6 Å². The molecule has 0 aliphatic carbocycles. The second-order valence-electron chi connectivity index (χ2n) is 6.05. The zero-order valence-corrected chi connectivity index (χ0v) is 16.5. The van der Waals surface area contributed by atoms with E-state index in [0.29, 0.717) is 11.3 Å². The molecule has 3 aromatic heterocycles. The highest BCUT2D eigenvalue weighted by atomic mass is 32.2. The maximum atomic E-state index is 12.3.